The summed E-state index contributed by atoms with van der Waals surface area (Å²) in [5, 5.41) is 0. The van der Waals surface area contributed by atoms with Crippen molar-refractivity contribution in [1.29, 1.82) is 0 Å². The average molecular weight is 879 g/mol. The largest absolute Gasteiger partial charge is 0.462 e. The number of allylic oxidation sites excluding steroid dienone is 12. The predicted octanol–water partition coefficient (Wildman–Crippen LogP) is 17.4. The quantitative estimate of drug-likeness (QED) is 0.0262. The van der Waals surface area contributed by atoms with E-state index in [4.69, 9.17) is 14.2 Å². The molecule has 0 bridgehead atoms. The minimum Gasteiger partial charge on any atom is -0.462 e. The summed E-state index contributed by atoms with van der Waals surface area (Å²) in [7, 11) is 0. The van der Waals surface area contributed by atoms with Gasteiger partial charge in [0.25, 0.3) is 0 Å². The Balaban J connectivity index is 4.47. The van der Waals surface area contributed by atoms with Crippen molar-refractivity contribution in [2.75, 3.05) is 13.2 Å². The normalized spacial score (nSPS) is 12.6. The van der Waals surface area contributed by atoms with Crippen LogP contribution in [0.5, 0.6) is 0 Å². The van der Waals surface area contributed by atoms with Crippen LogP contribution in [0.3, 0.4) is 0 Å². The molecular weight excluding hydrogens is 781 g/mol. The minimum absolute atomic E-state index is 0.0957. The molecule has 0 spiro atoms. The van der Waals surface area contributed by atoms with Crippen LogP contribution in [0.15, 0.2) is 72.9 Å². The molecule has 63 heavy (non-hydrogen) atoms. The van der Waals surface area contributed by atoms with Crippen LogP contribution in [0, 0.1) is 0 Å². The summed E-state index contributed by atoms with van der Waals surface area (Å²) in [4.78, 5) is 38.0. The lowest BCUT2D eigenvalue weighted by molar-refractivity contribution is -0.167. The van der Waals surface area contributed by atoms with Crippen LogP contribution < -0.4 is 0 Å². The summed E-state index contributed by atoms with van der Waals surface area (Å²) in [5.74, 6) is -0.959. The summed E-state index contributed by atoms with van der Waals surface area (Å²) in [6, 6.07) is 0. The van der Waals surface area contributed by atoms with Gasteiger partial charge in [-0.25, -0.2) is 0 Å². The maximum absolute atomic E-state index is 12.8. The molecule has 0 fully saturated rings. The Bertz CT molecular complexity index is 1190. The van der Waals surface area contributed by atoms with Gasteiger partial charge in [0.1, 0.15) is 13.2 Å². The molecule has 0 aromatic rings. The van der Waals surface area contributed by atoms with Crippen molar-refractivity contribution < 1.29 is 28.6 Å². The van der Waals surface area contributed by atoms with E-state index in [9.17, 15) is 14.4 Å². The third-order valence-corrected chi connectivity index (χ3v) is 11.2. The highest BCUT2D eigenvalue weighted by atomic mass is 16.6. The van der Waals surface area contributed by atoms with Crippen molar-refractivity contribution in [3.8, 4) is 0 Å². The Kier molecular flexibility index (Phi) is 48.9. The van der Waals surface area contributed by atoms with E-state index < -0.39 is 6.10 Å². The second-order valence-corrected chi connectivity index (χ2v) is 17.4. The molecule has 1 unspecified atom stereocenters. The van der Waals surface area contributed by atoms with Gasteiger partial charge in [-0.05, 0) is 83.5 Å². The second kappa shape index (κ2) is 51.5. The van der Waals surface area contributed by atoms with Gasteiger partial charge in [0.05, 0.1) is 0 Å². The molecule has 0 aliphatic rings. The van der Waals surface area contributed by atoms with Gasteiger partial charge >= 0.3 is 17.9 Å². The first kappa shape index (κ1) is 59.9. The third-order valence-electron chi connectivity index (χ3n) is 11.2. The van der Waals surface area contributed by atoms with Gasteiger partial charge < -0.3 is 14.2 Å². The molecule has 6 heteroatoms. The van der Waals surface area contributed by atoms with E-state index in [0.29, 0.717) is 19.3 Å². The number of rotatable bonds is 47. The SMILES string of the molecule is CCC=CCC=CCC=CCC=CCC=CCCCC(=O)OCC(COC(=O)CCCCCCCC=CCCCCCCCC)OC(=O)CCCCCCCCCCCCCCC. The van der Waals surface area contributed by atoms with E-state index in [1.165, 1.54) is 122 Å². The van der Waals surface area contributed by atoms with Crippen molar-refractivity contribution in [3.63, 3.8) is 0 Å². The Hall–Kier alpha value is -3.15. The molecule has 0 saturated heterocycles. The van der Waals surface area contributed by atoms with Gasteiger partial charge in [-0.3, -0.25) is 14.4 Å². The smallest absolute Gasteiger partial charge is 0.306 e. The summed E-state index contributed by atoms with van der Waals surface area (Å²) < 4.78 is 16.8. The van der Waals surface area contributed by atoms with Crippen LogP contribution in [-0.2, 0) is 28.6 Å². The zero-order chi connectivity index (χ0) is 45.8. The number of unbranched alkanes of at least 4 members (excludes halogenated alkanes) is 24. The van der Waals surface area contributed by atoms with E-state index in [-0.39, 0.29) is 37.5 Å². The summed E-state index contributed by atoms with van der Waals surface area (Å²) >= 11 is 0. The predicted molar refractivity (Wildman–Crippen MR) is 270 cm³/mol. The van der Waals surface area contributed by atoms with Gasteiger partial charge in [-0.2, -0.15) is 0 Å². The molecule has 0 rings (SSSR count). The van der Waals surface area contributed by atoms with Crippen molar-refractivity contribution >= 4 is 17.9 Å². The van der Waals surface area contributed by atoms with Crippen LogP contribution in [-0.4, -0.2) is 37.2 Å². The first-order valence-corrected chi connectivity index (χ1v) is 26.4. The Labute approximate surface area is 389 Å². The lowest BCUT2D eigenvalue weighted by atomic mass is 10.0. The molecular formula is C57H98O6. The van der Waals surface area contributed by atoms with Crippen molar-refractivity contribution in [3.05, 3.63) is 72.9 Å². The Morgan fingerprint density at radius 1 is 0.333 bits per heavy atom. The fourth-order valence-corrected chi connectivity index (χ4v) is 7.24. The Morgan fingerprint density at radius 3 is 1.05 bits per heavy atom. The van der Waals surface area contributed by atoms with Crippen LogP contribution in [0.25, 0.3) is 0 Å². The number of carbonyl (C=O) groups is 3. The lowest BCUT2D eigenvalue weighted by Gasteiger charge is -2.18. The zero-order valence-corrected chi connectivity index (χ0v) is 41.3. The lowest BCUT2D eigenvalue weighted by Crippen LogP contribution is -2.30. The van der Waals surface area contributed by atoms with Crippen LogP contribution in [0.4, 0.5) is 0 Å². The average Bonchev–Trinajstić information content (AvgIpc) is 3.28. The second-order valence-electron chi connectivity index (χ2n) is 17.4. The molecule has 0 saturated carbocycles. The van der Waals surface area contributed by atoms with Crippen LogP contribution >= 0.6 is 0 Å². The van der Waals surface area contributed by atoms with Crippen LogP contribution in [0.2, 0.25) is 0 Å². The van der Waals surface area contributed by atoms with Gasteiger partial charge in [0.2, 0.25) is 0 Å². The monoisotopic (exact) mass is 879 g/mol. The fraction of sp³-hybridized carbons (Fsp3) is 0.737. The number of ether oxygens (including phenoxy) is 3. The van der Waals surface area contributed by atoms with E-state index in [0.717, 1.165) is 83.5 Å². The van der Waals surface area contributed by atoms with Crippen LogP contribution in [0.1, 0.15) is 252 Å². The number of hydrogen-bond donors (Lipinski definition) is 0. The van der Waals surface area contributed by atoms with E-state index in [1.807, 2.05) is 0 Å². The molecule has 6 nitrogen and oxygen atoms in total. The maximum Gasteiger partial charge on any atom is 0.306 e. The Morgan fingerprint density at radius 2 is 0.635 bits per heavy atom. The summed E-state index contributed by atoms with van der Waals surface area (Å²) in [6.07, 6.45) is 64.6. The van der Waals surface area contributed by atoms with Gasteiger partial charge in [-0.1, -0.05) is 222 Å². The zero-order valence-electron chi connectivity index (χ0n) is 41.3. The van der Waals surface area contributed by atoms with Crippen molar-refractivity contribution in [2.24, 2.45) is 0 Å². The molecule has 0 aromatic heterocycles. The molecule has 362 valence electrons. The molecule has 0 N–H and O–H groups in total. The number of hydrogen-bond acceptors (Lipinski definition) is 6. The molecule has 0 aliphatic heterocycles. The van der Waals surface area contributed by atoms with E-state index in [1.54, 1.807) is 0 Å². The molecule has 0 heterocycles. The molecule has 1 atom stereocenters. The highest BCUT2D eigenvalue weighted by molar-refractivity contribution is 5.71. The highest BCUT2D eigenvalue weighted by Gasteiger charge is 2.19. The standard InChI is InChI=1S/C57H98O6/c1-4-7-10-13-16-19-22-25-27-28-30-33-35-38-41-44-47-50-56(59)62-53-54(63-57(60)51-48-45-42-39-36-31-24-21-18-15-12-9-6-3)52-61-55(58)49-46-43-40-37-34-32-29-26-23-20-17-14-11-8-5-2/h7,10,16,19,25-27,29-30,33,38,41,54H,4-6,8-9,11-15,17-18,20-24,28,31-32,34-37,39-40,42-53H2,1-3H3. The van der Waals surface area contributed by atoms with E-state index in [2.05, 4.69) is 93.7 Å². The maximum atomic E-state index is 12.8. The van der Waals surface area contributed by atoms with Gasteiger partial charge in [-0.15, -0.1) is 0 Å². The number of carbonyl (C=O) groups excluding carboxylic acids is 3. The topological polar surface area (TPSA) is 78.9 Å². The van der Waals surface area contributed by atoms with E-state index >= 15 is 0 Å². The summed E-state index contributed by atoms with van der Waals surface area (Å²) in [5.41, 5.74) is 0. The molecule has 0 aliphatic carbocycles. The molecule has 0 amide bonds. The molecule has 0 aromatic carbocycles. The first-order valence-electron chi connectivity index (χ1n) is 26.4. The number of esters is 3. The fourth-order valence-electron chi connectivity index (χ4n) is 7.24. The third kappa shape index (κ3) is 49.7. The van der Waals surface area contributed by atoms with Crippen molar-refractivity contribution in [1.82, 2.24) is 0 Å². The summed E-state index contributed by atoms with van der Waals surface area (Å²) in [6.45, 7) is 6.47. The molecule has 0 radical (unpaired) electrons. The minimum atomic E-state index is -0.799. The van der Waals surface area contributed by atoms with Crippen molar-refractivity contribution in [2.45, 2.75) is 258 Å². The first-order chi connectivity index (χ1) is 31.0. The highest BCUT2D eigenvalue weighted by Crippen LogP contribution is 2.15. The van der Waals surface area contributed by atoms with Gasteiger partial charge in [0.15, 0.2) is 6.10 Å². The van der Waals surface area contributed by atoms with Gasteiger partial charge in [0, 0.05) is 19.3 Å².